The van der Waals surface area contributed by atoms with E-state index in [9.17, 15) is 0 Å². The first-order valence-corrected chi connectivity index (χ1v) is 6.15. The minimum atomic E-state index is 0.732. The predicted octanol–water partition coefficient (Wildman–Crippen LogP) is 4.71. The molecule has 2 aromatic rings. The summed E-state index contributed by atoms with van der Waals surface area (Å²) < 4.78 is 1.00. The molecule has 0 amide bonds. The van der Waals surface area contributed by atoms with Crippen LogP contribution < -0.4 is 5.32 Å². The Balaban J connectivity index is 2.05. The third kappa shape index (κ3) is 3.00. The third-order valence-corrected chi connectivity index (χ3v) is 3.12. The second-order valence-electron chi connectivity index (χ2n) is 3.46. The van der Waals surface area contributed by atoms with E-state index in [2.05, 4.69) is 21.2 Å². The minimum absolute atomic E-state index is 0.732. The summed E-state index contributed by atoms with van der Waals surface area (Å²) in [6.45, 7) is 0.732. The Morgan fingerprint density at radius 3 is 2.50 bits per heavy atom. The normalized spacial score (nSPS) is 10.1. The molecule has 1 nitrogen and oxygen atoms in total. The molecule has 0 radical (unpaired) electrons. The maximum atomic E-state index is 6.13. The molecule has 0 aliphatic carbocycles. The van der Waals surface area contributed by atoms with Crippen molar-refractivity contribution in [1.29, 1.82) is 0 Å². The van der Waals surface area contributed by atoms with Gasteiger partial charge >= 0.3 is 0 Å². The van der Waals surface area contributed by atoms with Gasteiger partial charge in [0.15, 0.2) is 0 Å². The monoisotopic (exact) mass is 295 g/mol. The highest BCUT2D eigenvalue weighted by Crippen LogP contribution is 2.22. The Hall–Kier alpha value is -0.990. The highest BCUT2D eigenvalue weighted by Gasteiger charge is 2.00. The Bertz CT molecular complexity index is 471. The zero-order valence-electron chi connectivity index (χ0n) is 8.58. The van der Waals surface area contributed by atoms with Crippen LogP contribution in [0.5, 0.6) is 0 Å². The lowest BCUT2D eigenvalue weighted by molar-refractivity contribution is 1.15. The summed E-state index contributed by atoms with van der Waals surface area (Å²) in [5.74, 6) is 0. The molecule has 0 spiro atoms. The van der Waals surface area contributed by atoms with Crippen molar-refractivity contribution in [2.24, 2.45) is 0 Å². The van der Waals surface area contributed by atoms with Crippen LogP contribution in [0.15, 0.2) is 53.0 Å². The molecule has 0 saturated carbocycles. The van der Waals surface area contributed by atoms with Crippen LogP contribution in [0.2, 0.25) is 5.02 Å². The van der Waals surface area contributed by atoms with Crippen molar-refractivity contribution in [1.82, 2.24) is 0 Å². The second kappa shape index (κ2) is 5.37. The van der Waals surface area contributed by atoms with Gasteiger partial charge < -0.3 is 5.32 Å². The second-order valence-corrected chi connectivity index (χ2v) is 4.78. The van der Waals surface area contributed by atoms with Crippen LogP contribution in [0, 0.1) is 0 Å². The summed E-state index contributed by atoms with van der Waals surface area (Å²) in [7, 11) is 0. The Morgan fingerprint density at radius 1 is 1.06 bits per heavy atom. The molecule has 0 aromatic heterocycles. The van der Waals surface area contributed by atoms with Crippen LogP contribution in [0.3, 0.4) is 0 Å². The van der Waals surface area contributed by atoms with Gasteiger partial charge in [-0.2, -0.15) is 0 Å². The fourth-order valence-electron chi connectivity index (χ4n) is 1.42. The van der Waals surface area contributed by atoms with Gasteiger partial charge in [-0.3, -0.25) is 0 Å². The summed E-state index contributed by atoms with van der Waals surface area (Å²) in [5, 5.41) is 4.10. The lowest BCUT2D eigenvalue weighted by atomic mass is 10.2. The van der Waals surface area contributed by atoms with E-state index in [-0.39, 0.29) is 0 Å². The lowest BCUT2D eigenvalue weighted by Crippen LogP contribution is -1.99. The van der Waals surface area contributed by atoms with Crippen LogP contribution in [0.25, 0.3) is 0 Å². The molecule has 2 rings (SSSR count). The van der Waals surface area contributed by atoms with E-state index in [1.165, 1.54) is 0 Å². The van der Waals surface area contributed by atoms with E-state index < -0.39 is 0 Å². The molecule has 0 atom stereocenters. The zero-order valence-corrected chi connectivity index (χ0v) is 10.9. The maximum Gasteiger partial charge on any atom is 0.0467 e. The quantitative estimate of drug-likeness (QED) is 0.864. The minimum Gasteiger partial charge on any atom is -0.381 e. The van der Waals surface area contributed by atoms with Gasteiger partial charge in [-0.15, -0.1) is 0 Å². The van der Waals surface area contributed by atoms with E-state index in [0.717, 1.165) is 27.3 Å². The topological polar surface area (TPSA) is 12.0 Å². The predicted molar refractivity (Wildman–Crippen MR) is 72.9 cm³/mol. The van der Waals surface area contributed by atoms with Crippen molar-refractivity contribution in [3.63, 3.8) is 0 Å². The van der Waals surface area contributed by atoms with Gasteiger partial charge in [0.2, 0.25) is 0 Å². The van der Waals surface area contributed by atoms with Gasteiger partial charge in [-0.25, -0.2) is 0 Å². The number of para-hydroxylation sites is 1. The highest BCUT2D eigenvalue weighted by atomic mass is 79.9. The van der Waals surface area contributed by atoms with Crippen molar-refractivity contribution in [3.8, 4) is 0 Å². The van der Waals surface area contributed by atoms with E-state index in [4.69, 9.17) is 11.6 Å². The zero-order chi connectivity index (χ0) is 11.4. The molecular formula is C13H11BrClN. The fourth-order valence-corrected chi connectivity index (χ4v) is 2.16. The van der Waals surface area contributed by atoms with Gasteiger partial charge in [0.25, 0.3) is 0 Å². The number of halogens is 2. The SMILES string of the molecule is Clc1cc(Br)ccc1CNc1ccccc1. The van der Waals surface area contributed by atoms with E-state index >= 15 is 0 Å². The standard InChI is InChI=1S/C13H11BrClN/c14-11-7-6-10(13(15)8-11)9-16-12-4-2-1-3-5-12/h1-8,16H,9H2. The molecule has 0 aliphatic rings. The largest absolute Gasteiger partial charge is 0.381 e. The average Bonchev–Trinajstić information content (AvgIpc) is 2.29. The number of nitrogens with one attached hydrogen (secondary N) is 1. The van der Waals surface area contributed by atoms with Gasteiger partial charge in [-0.05, 0) is 29.8 Å². The molecule has 1 N–H and O–H groups in total. The van der Waals surface area contributed by atoms with Crippen LogP contribution in [0.4, 0.5) is 5.69 Å². The molecule has 2 aromatic carbocycles. The van der Waals surface area contributed by atoms with Gasteiger partial charge in [-0.1, -0.05) is 51.8 Å². The fraction of sp³-hybridized carbons (Fsp3) is 0.0769. The van der Waals surface area contributed by atoms with Gasteiger partial charge in [0, 0.05) is 21.7 Å². The molecule has 16 heavy (non-hydrogen) atoms. The van der Waals surface area contributed by atoms with E-state index in [1.54, 1.807) is 0 Å². The van der Waals surface area contributed by atoms with Crippen molar-refractivity contribution in [3.05, 3.63) is 63.6 Å². The van der Waals surface area contributed by atoms with Crippen LogP contribution in [-0.2, 0) is 6.54 Å². The maximum absolute atomic E-state index is 6.13. The van der Waals surface area contributed by atoms with Crippen LogP contribution in [0.1, 0.15) is 5.56 Å². The van der Waals surface area contributed by atoms with E-state index in [1.807, 2.05) is 48.5 Å². The Labute approximate surface area is 109 Å². The van der Waals surface area contributed by atoms with Crippen molar-refractivity contribution in [2.45, 2.75) is 6.54 Å². The van der Waals surface area contributed by atoms with Crippen LogP contribution >= 0.6 is 27.5 Å². The van der Waals surface area contributed by atoms with Crippen molar-refractivity contribution in [2.75, 3.05) is 5.32 Å². The summed E-state index contributed by atoms with van der Waals surface area (Å²) in [5.41, 5.74) is 2.19. The van der Waals surface area contributed by atoms with Gasteiger partial charge in [0.05, 0.1) is 0 Å². The number of hydrogen-bond donors (Lipinski definition) is 1. The number of anilines is 1. The first kappa shape index (κ1) is 11.5. The molecule has 0 unspecified atom stereocenters. The van der Waals surface area contributed by atoms with E-state index in [0.29, 0.717) is 0 Å². The Kier molecular flexibility index (Phi) is 3.86. The molecule has 0 aliphatic heterocycles. The highest BCUT2D eigenvalue weighted by molar-refractivity contribution is 9.10. The molecule has 0 saturated heterocycles. The van der Waals surface area contributed by atoms with Crippen molar-refractivity contribution >= 4 is 33.2 Å². The molecule has 0 heterocycles. The summed E-state index contributed by atoms with van der Waals surface area (Å²) in [4.78, 5) is 0. The average molecular weight is 297 g/mol. The number of rotatable bonds is 3. The first-order valence-electron chi connectivity index (χ1n) is 4.98. The first-order chi connectivity index (χ1) is 7.75. The molecule has 3 heteroatoms. The summed E-state index contributed by atoms with van der Waals surface area (Å²) in [6.07, 6.45) is 0. The third-order valence-electron chi connectivity index (χ3n) is 2.27. The summed E-state index contributed by atoms with van der Waals surface area (Å²) >= 11 is 9.51. The Morgan fingerprint density at radius 2 is 1.81 bits per heavy atom. The smallest absolute Gasteiger partial charge is 0.0467 e. The molecule has 0 fully saturated rings. The molecule has 82 valence electrons. The molecular weight excluding hydrogens is 286 g/mol. The number of hydrogen-bond acceptors (Lipinski definition) is 1. The summed E-state index contributed by atoms with van der Waals surface area (Å²) in [6, 6.07) is 16.0. The number of benzene rings is 2. The van der Waals surface area contributed by atoms with Crippen molar-refractivity contribution < 1.29 is 0 Å². The molecule has 0 bridgehead atoms. The van der Waals surface area contributed by atoms with Crippen LogP contribution in [-0.4, -0.2) is 0 Å². The van der Waals surface area contributed by atoms with Gasteiger partial charge in [0.1, 0.15) is 0 Å². The lowest BCUT2D eigenvalue weighted by Gasteiger charge is -2.08.